The van der Waals surface area contributed by atoms with E-state index in [1.807, 2.05) is 13.8 Å². The minimum absolute atomic E-state index is 0.196. The third-order valence-electron chi connectivity index (χ3n) is 3.84. The first-order valence-corrected chi connectivity index (χ1v) is 9.05. The van der Waals surface area contributed by atoms with Gasteiger partial charge in [-0.1, -0.05) is 49.7 Å². The van der Waals surface area contributed by atoms with Crippen LogP contribution < -0.4 is 9.47 Å². The predicted molar refractivity (Wildman–Crippen MR) is 106 cm³/mol. The maximum absolute atomic E-state index is 11.6. The zero-order chi connectivity index (χ0) is 20.3. The Hall–Kier alpha value is -2.18. The van der Waals surface area contributed by atoms with E-state index in [1.165, 1.54) is 19.2 Å². The summed E-state index contributed by atoms with van der Waals surface area (Å²) in [6.45, 7) is 9.48. The molecule has 1 atom stereocenters. The third-order valence-corrected chi connectivity index (χ3v) is 4.43. The van der Waals surface area contributed by atoms with Crippen molar-refractivity contribution in [3.05, 3.63) is 40.0 Å². The Kier molecular flexibility index (Phi) is 6.78. The minimum Gasteiger partial charge on any atom is -0.477 e. The third kappa shape index (κ3) is 4.57. The molecule has 146 valence electrons. The molecule has 0 amide bonds. The molecular formula is C19H22Cl2N2O4. The number of benzene rings is 1. The van der Waals surface area contributed by atoms with Crippen molar-refractivity contribution in [1.29, 1.82) is 0 Å². The molecule has 0 aliphatic heterocycles. The van der Waals surface area contributed by atoms with Crippen molar-refractivity contribution in [2.24, 2.45) is 7.05 Å². The molecule has 0 radical (unpaired) electrons. The molecule has 1 aromatic heterocycles. The van der Waals surface area contributed by atoms with E-state index in [9.17, 15) is 4.79 Å². The largest absolute Gasteiger partial charge is 0.477 e. The molecule has 0 N–H and O–H groups in total. The van der Waals surface area contributed by atoms with Crippen LogP contribution in [0.4, 0.5) is 0 Å². The lowest BCUT2D eigenvalue weighted by Crippen LogP contribution is -2.25. The zero-order valence-electron chi connectivity index (χ0n) is 15.9. The van der Waals surface area contributed by atoms with Crippen LogP contribution in [-0.2, 0) is 16.6 Å². The average Bonchev–Trinajstić information content (AvgIpc) is 2.94. The van der Waals surface area contributed by atoms with Crippen molar-refractivity contribution in [2.45, 2.75) is 32.8 Å². The SMILES string of the molecule is C=Cc1c(C(C)C)nn(C)c1Oc1cc(O[C@@H](C)C(=O)OC)c(Cl)cc1Cl. The molecule has 1 heterocycles. The summed E-state index contributed by atoms with van der Waals surface area (Å²) in [4.78, 5) is 11.6. The van der Waals surface area contributed by atoms with Gasteiger partial charge in [-0.3, -0.25) is 0 Å². The Bertz CT molecular complexity index is 862. The van der Waals surface area contributed by atoms with E-state index in [0.29, 0.717) is 16.7 Å². The highest BCUT2D eigenvalue weighted by Gasteiger charge is 2.21. The van der Waals surface area contributed by atoms with Crippen molar-refractivity contribution < 1.29 is 19.0 Å². The first-order chi connectivity index (χ1) is 12.7. The van der Waals surface area contributed by atoms with Crippen LogP contribution >= 0.6 is 23.2 Å². The zero-order valence-corrected chi connectivity index (χ0v) is 17.4. The Morgan fingerprint density at radius 2 is 1.85 bits per heavy atom. The van der Waals surface area contributed by atoms with Gasteiger partial charge in [0.15, 0.2) is 11.9 Å². The summed E-state index contributed by atoms with van der Waals surface area (Å²) in [5, 5.41) is 5.03. The van der Waals surface area contributed by atoms with Crippen LogP contribution in [0.15, 0.2) is 18.7 Å². The molecule has 0 aliphatic rings. The molecule has 0 fully saturated rings. The van der Waals surface area contributed by atoms with Crippen LogP contribution in [0.1, 0.15) is 37.9 Å². The van der Waals surface area contributed by atoms with Gasteiger partial charge in [0.2, 0.25) is 5.88 Å². The quantitative estimate of drug-likeness (QED) is 0.582. The molecule has 0 spiro atoms. The number of ether oxygens (including phenoxy) is 3. The molecule has 0 saturated heterocycles. The maximum Gasteiger partial charge on any atom is 0.346 e. The van der Waals surface area contributed by atoms with Gasteiger partial charge in [0.1, 0.15) is 5.75 Å². The van der Waals surface area contributed by atoms with Crippen molar-refractivity contribution in [2.75, 3.05) is 7.11 Å². The lowest BCUT2D eigenvalue weighted by atomic mass is 10.1. The summed E-state index contributed by atoms with van der Waals surface area (Å²) >= 11 is 12.5. The van der Waals surface area contributed by atoms with Crippen molar-refractivity contribution >= 4 is 35.2 Å². The van der Waals surface area contributed by atoms with Crippen molar-refractivity contribution in [1.82, 2.24) is 9.78 Å². The number of hydrogen-bond donors (Lipinski definition) is 0. The van der Waals surface area contributed by atoms with Crippen LogP contribution in [0.3, 0.4) is 0 Å². The van der Waals surface area contributed by atoms with Crippen LogP contribution in [0.5, 0.6) is 17.4 Å². The van der Waals surface area contributed by atoms with Gasteiger partial charge in [-0.05, 0) is 18.9 Å². The molecular weight excluding hydrogens is 391 g/mol. The van der Waals surface area contributed by atoms with Crippen LogP contribution in [0.25, 0.3) is 6.08 Å². The lowest BCUT2D eigenvalue weighted by Gasteiger charge is -2.16. The normalized spacial score (nSPS) is 12.0. The second kappa shape index (κ2) is 8.67. The summed E-state index contributed by atoms with van der Waals surface area (Å²) in [6, 6.07) is 3.02. The highest BCUT2D eigenvalue weighted by molar-refractivity contribution is 6.36. The Morgan fingerprint density at radius 3 is 2.41 bits per heavy atom. The van der Waals surface area contributed by atoms with E-state index in [1.54, 1.807) is 24.7 Å². The highest BCUT2D eigenvalue weighted by Crippen LogP contribution is 2.40. The van der Waals surface area contributed by atoms with Gasteiger partial charge in [-0.25, -0.2) is 9.48 Å². The molecule has 1 aromatic carbocycles. The van der Waals surface area contributed by atoms with E-state index in [2.05, 4.69) is 16.4 Å². The molecule has 0 bridgehead atoms. The highest BCUT2D eigenvalue weighted by atomic mass is 35.5. The molecule has 0 aliphatic carbocycles. The molecule has 27 heavy (non-hydrogen) atoms. The summed E-state index contributed by atoms with van der Waals surface area (Å²) in [5.41, 5.74) is 1.65. The van der Waals surface area contributed by atoms with Gasteiger partial charge in [-0.2, -0.15) is 5.10 Å². The number of rotatable bonds is 7. The molecule has 8 heteroatoms. The topological polar surface area (TPSA) is 62.6 Å². The fourth-order valence-corrected chi connectivity index (χ4v) is 2.94. The van der Waals surface area contributed by atoms with Gasteiger partial charge in [0, 0.05) is 13.1 Å². The monoisotopic (exact) mass is 412 g/mol. The second-order valence-electron chi connectivity index (χ2n) is 6.18. The fraction of sp³-hybridized carbons (Fsp3) is 0.368. The smallest absolute Gasteiger partial charge is 0.346 e. The summed E-state index contributed by atoms with van der Waals surface area (Å²) in [6.07, 6.45) is 0.854. The average molecular weight is 413 g/mol. The first kappa shape index (κ1) is 21.1. The number of methoxy groups -OCH3 is 1. The molecule has 6 nitrogen and oxygen atoms in total. The van der Waals surface area contributed by atoms with Crippen LogP contribution in [0.2, 0.25) is 10.0 Å². The number of nitrogens with zero attached hydrogens (tertiary/aromatic N) is 2. The van der Waals surface area contributed by atoms with Crippen molar-refractivity contribution in [3.63, 3.8) is 0 Å². The van der Waals surface area contributed by atoms with Crippen molar-refractivity contribution in [3.8, 4) is 17.4 Å². The lowest BCUT2D eigenvalue weighted by molar-refractivity contribution is -0.147. The number of halogens is 2. The number of aryl methyl sites for hydroxylation is 1. The maximum atomic E-state index is 11.6. The van der Waals surface area contributed by atoms with E-state index < -0.39 is 12.1 Å². The second-order valence-corrected chi connectivity index (χ2v) is 7.00. The van der Waals surface area contributed by atoms with Gasteiger partial charge in [0.05, 0.1) is 28.4 Å². The van der Waals surface area contributed by atoms with Crippen LogP contribution in [-0.4, -0.2) is 29.0 Å². The van der Waals surface area contributed by atoms with Gasteiger partial charge < -0.3 is 14.2 Å². The van der Waals surface area contributed by atoms with Gasteiger partial charge >= 0.3 is 5.97 Å². The van der Waals surface area contributed by atoms with E-state index in [4.69, 9.17) is 32.7 Å². The van der Waals surface area contributed by atoms with E-state index >= 15 is 0 Å². The minimum atomic E-state index is -0.838. The summed E-state index contributed by atoms with van der Waals surface area (Å²) in [7, 11) is 3.06. The van der Waals surface area contributed by atoms with E-state index in [0.717, 1.165) is 11.3 Å². The predicted octanol–water partition coefficient (Wildman–Crippen LogP) is 5.23. The van der Waals surface area contributed by atoms with Crippen LogP contribution in [0, 0.1) is 0 Å². The van der Waals surface area contributed by atoms with Gasteiger partial charge in [-0.15, -0.1) is 0 Å². The van der Waals surface area contributed by atoms with E-state index in [-0.39, 0.29) is 16.7 Å². The number of carbonyl (C=O) groups is 1. The Balaban J connectivity index is 2.41. The summed E-state index contributed by atoms with van der Waals surface area (Å²) in [5.74, 6) is 0.729. The summed E-state index contributed by atoms with van der Waals surface area (Å²) < 4.78 is 17.9. The molecule has 2 rings (SSSR count). The molecule has 0 unspecified atom stereocenters. The standard InChI is InChI=1S/C19H22Cl2N2O4/c1-7-12-17(10(2)3)22-23(5)18(12)27-16-9-15(13(20)8-14(16)21)26-11(4)19(24)25-6/h7-11H,1H2,2-6H3/t11-/m0/s1. The first-order valence-electron chi connectivity index (χ1n) is 8.30. The Morgan fingerprint density at radius 1 is 1.22 bits per heavy atom. The number of aromatic nitrogens is 2. The molecule has 0 saturated carbocycles. The van der Waals surface area contributed by atoms with Gasteiger partial charge in [0.25, 0.3) is 0 Å². The molecule has 2 aromatic rings. The Labute approximate surface area is 168 Å². The number of esters is 1. The number of hydrogen-bond acceptors (Lipinski definition) is 5. The fourth-order valence-electron chi connectivity index (χ4n) is 2.47. The number of carbonyl (C=O) groups excluding carboxylic acids is 1.